The van der Waals surface area contributed by atoms with Crippen molar-refractivity contribution in [2.75, 3.05) is 7.11 Å². The van der Waals surface area contributed by atoms with Gasteiger partial charge in [-0.15, -0.1) is 0 Å². The molecular formula is C21H22B2O3. The van der Waals surface area contributed by atoms with Crippen molar-refractivity contribution < 1.29 is 14.3 Å². The normalized spacial score (nSPS) is 23.3. The first-order valence-corrected chi connectivity index (χ1v) is 8.96. The largest absolute Gasteiger partial charge is 0.501 e. The number of Topliss-reactive ketones (excluding diaryl/α,β-unsaturated/α-hetero) is 1. The van der Waals surface area contributed by atoms with E-state index in [4.69, 9.17) is 25.2 Å². The molecule has 0 aromatic carbocycles. The topological polar surface area (TPSA) is 35.5 Å². The number of carbonyl (C=O) groups excluding carboxylic acids is 1. The lowest BCUT2D eigenvalue weighted by Gasteiger charge is -2.25. The van der Waals surface area contributed by atoms with Crippen LogP contribution < -0.4 is 0 Å². The molecule has 3 aliphatic carbocycles. The van der Waals surface area contributed by atoms with E-state index in [9.17, 15) is 4.79 Å². The van der Waals surface area contributed by atoms with E-state index in [1.54, 1.807) is 7.11 Å². The van der Waals surface area contributed by atoms with Crippen LogP contribution in [0.1, 0.15) is 39.0 Å². The van der Waals surface area contributed by atoms with E-state index in [1.165, 1.54) is 0 Å². The van der Waals surface area contributed by atoms with Crippen LogP contribution in [0.2, 0.25) is 5.82 Å². The molecule has 0 saturated carbocycles. The Labute approximate surface area is 158 Å². The maximum Gasteiger partial charge on any atom is 0.185 e. The van der Waals surface area contributed by atoms with Crippen molar-refractivity contribution in [3.63, 3.8) is 0 Å². The molecule has 0 aromatic rings. The van der Waals surface area contributed by atoms with Gasteiger partial charge in [-0.05, 0) is 31.9 Å². The number of hydrogen-bond acceptors (Lipinski definition) is 3. The summed E-state index contributed by atoms with van der Waals surface area (Å²) in [5.41, 5.74) is 3.34. The SMILES string of the molecule is [B]C1=C(OC2=CC=C(C(=O)C3=CC=C(OC)CC3)CC2)CC([B])C(C)=C1. The zero-order chi connectivity index (χ0) is 18.7. The monoisotopic (exact) mass is 344 g/mol. The van der Waals surface area contributed by atoms with Crippen molar-refractivity contribution in [2.24, 2.45) is 0 Å². The van der Waals surface area contributed by atoms with Gasteiger partial charge < -0.3 is 9.47 Å². The number of carbonyl (C=O) groups is 1. The third-order valence-corrected chi connectivity index (χ3v) is 5.02. The smallest absolute Gasteiger partial charge is 0.185 e. The number of rotatable bonds is 5. The third-order valence-electron chi connectivity index (χ3n) is 5.02. The zero-order valence-corrected chi connectivity index (χ0v) is 15.4. The van der Waals surface area contributed by atoms with Crippen LogP contribution in [-0.2, 0) is 14.3 Å². The summed E-state index contributed by atoms with van der Waals surface area (Å²) in [4.78, 5) is 12.6. The molecule has 0 spiro atoms. The predicted molar refractivity (Wildman–Crippen MR) is 105 cm³/mol. The predicted octanol–water partition coefficient (Wildman–Crippen LogP) is 4.11. The number of allylic oxidation sites excluding steroid dienone is 12. The molecule has 0 saturated heterocycles. The van der Waals surface area contributed by atoms with E-state index in [1.807, 2.05) is 37.3 Å². The molecule has 130 valence electrons. The summed E-state index contributed by atoms with van der Waals surface area (Å²) in [5.74, 6) is 2.50. The molecule has 1 unspecified atom stereocenters. The fraction of sp³-hybridized carbons (Fsp3) is 0.381. The van der Waals surface area contributed by atoms with Crippen LogP contribution in [0.5, 0.6) is 0 Å². The molecule has 5 heteroatoms. The van der Waals surface area contributed by atoms with Gasteiger partial charge in [-0.2, -0.15) is 0 Å². The lowest BCUT2D eigenvalue weighted by Crippen LogP contribution is -2.13. The Bertz CT molecular complexity index is 794. The molecule has 1 atom stereocenters. The Kier molecular flexibility index (Phi) is 5.75. The summed E-state index contributed by atoms with van der Waals surface area (Å²) in [5, 5.41) is 0. The maximum atomic E-state index is 12.6. The molecule has 0 bridgehead atoms. The highest BCUT2D eigenvalue weighted by Crippen LogP contribution is 2.34. The van der Waals surface area contributed by atoms with Gasteiger partial charge in [0.15, 0.2) is 5.78 Å². The van der Waals surface area contributed by atoms with Crippen LogP contribution in [0, 0.1) is 0 Å². The van der Waals surface area contributed by atoms with Crippen molar-refractivity contribution in [1.82, 2.24) is 0 Å². The van der Waals surface area contributed by atoms with E-state index >= 15 is 0 Å². The van der Waals surface area contributed by atoms with Gasteiger partial charge in [-0.1, -0.05) is 35.1 Å². The maximum absolute atomic E-state index is 12.6. The Balaban J connectivity index is 1.68. The molecule has 0 aliphatic heterocycles. The minimum atomic E-state index is -0.0579. The van der Waals surface area contributed by atoms with Crippen LogP contribution >= 0.6 is 0 Å². The fourth-order valence-corrected chi connectivity index (χ4v) is 3.25. The van der Waals surface area contributed by atoms with Gasteiger partial charge in [0, 0.05) is 30.4 Å². The minimum Gasteiger partial charge on any atom is -0.501 e. The van der Waals surface area contributed by atoms with Crippen LogP contribution in [0.3, 0.4) is 0 Å². The number of ether oxygens (including phenoxy) is 2. The highest BCUT2D eigenvalue weighted by atomic mass is 16.5. The molecule has 0 heterocycles. The van der Waals surface area contributed by atoms with Gasteiger partial charge >= 0.3 is 0 Å². The van der Waals surface area contributed by atoms with Crippen molar-refractivity contribution in [3.05, 3.63) is 69.8 Å². The Morgan fingerprint density at radius 2 is 1.65 bits per heavy atom. The van der Waals surface area contributed by atoms with Gasteiger partial charge in [-0.3, -0.25) is 4.79 Å². The number of methoxy groups -OCH3 is 1. The van der Waals surface area contributed by atoms with Crippen molar-refractivity contribution in [3.8, 4) is 0 Å². The zero-order valence-electron chi connectivity index (χ0n) is 15.4. The van der Waals surface area contributed by atoms with Crippen LogP contribution in [-0.4, -0.2) is 28.6 Å². The van der Waals surface area contributed by atoms with E-state index in [-0.39, 0.29) is 11.6 Å². The van der Waals surface area contributed by atoms with Gasteiger partial charge in [-0.25, -0.2) is 0 Å². The van der Waals surface area contributed by atoms with Gasteiger partial charge in [0.1, 0.15) is 13.6 Å². The first-order chi connectivity index (χ1) is 12.5. The van der Waals surface area contributed by atoms with Crippen LogP contribution in [0.4, 0.5) is 0 Å². The highest BCUT2D eigenvalue weighted by molar-refractivity contribution is 6.24. The molecule has 26 heavy (non-hydrogen) atoms. The van der Waals surface area contributed by atoms with E-state index in [0.717, 1.165) is 41.1 Å². The molecule has 3 nitrogen and oxygen atoms in total. The van der Waals surface area contributed by atoms with E-state index in [0.29, 0.717) is 30.5 Å². The second-order valence-electron chi connectivity index (χ2n) is 6.86. The van der Waals surface area contributed by atoms with Crippen molar-refractivity contribution in [2.45, 2.75) is 44.8 Å². The Hall–Kier alpha value is -2.16. The number of hydrogen-bond donors (Lipinski definition) is 0. The molecule has 0 fully saturated rings. The summed E-state index contributed by atoms with van der Waals surface area (Å²) in [6, 6.07) is 0. The lowest BCUT2D eigenvalue weighted by molar-refractivity contribution is -0.112. The highest BCUT2D eigenvalue weighted by Gasteiger charge is 2.21. The summed E-state index contributed by atoms with van der Waals surface area (Å²) in [7, 11) is 13.8. The molecule has 3 rings (SSSR count). The summed E-state index contributed by atoms with van der Waals surface area (Å²) < 4.78 is 11.2. The van der Waals surface area contributed by atoms with Gasteiger partial charge in [0.25, 0.3) is 0 Å². The van der Waals surface area contributed by atoms with Gasteiger partial charge in [0.05, 0.1) is 26.5 Å². The number of ketones is 1. The molecule has 0 amide bonds. The van der Waals surface area contributed by atoms with Crippen LogP contribution in [0.25, 0.3) is 0 Å². The van der Waals surface area contributed by atoms with Crippen molar-refractivity contribution in [1.29, 1.82) is 0 Å². The van der Waals surface area contributed by atoms with E-state index < -0.39 is 0 Å². The fourth-order valence-electron chi connectivity index (χ4n) is 3.25. The quantitative estimate of drug-likeness (QED) is 0.704. The molecule has 4 radical (unpaired) electrons. The molecular weight excluding hydrogens is 322 g/mol. The second-order valence-corrected chi connectivity index (χ2v) is 6.86. The Morgan fingerprint density at radius 3 is 2.19 bits per heavy atom. The molecule has 0 N–H and O–H groups in total. The molecule has 0 aromatic heterocycles. The minimum absolute atomic E-state index is 0.0579. The summed E-state index contributed by atoms with van der Waals surface area (Å²) in [6.07, 6.45) is 12.8. The first-order valence-electron chi connectivity index (χ1n) is 8.96. The third kappa shape index (κ3) is 4.14. The first kappa shape index (κ1) is 18.6. The lowest BCUT2D eigenvalue weighted by atomic mass is 9.71. The Morgan fingerprint density at radius 1 is 1.04 bits per heavy atom. The standard InChI is InChI=1S/C21H22B2O3/c1-13-11-19(23)20(12-18(13)22)26-17-9-5-15(6-10-17)21(24)14-3-7-16(25-2)8-4-14/h3,5,7,9,11,18H,4,6,8,10,12H2,1-2H3. The van der Waals surface area contributed by atoms with E-state index in [2.05, 4.69) is 0 Å². The summed E-state index contributed by atoms with van der Waals surface area (Å²) in [6.45, 7) is 1.97. The van der Waals surface area contributed by atoms with Gasteiger partial charge in [0.2, 0.25) is 0 Å². The molecule has 3 aliphatic rings. The average Bonchev–Trinajstić information content (AvgIpc) is 2.66. The second kappa shape index (κ2) is 8.03. The average molecular weight is 344 g/mol. The van der Waals surface area contributed by atoms with Crippen molar-refractivity contribution >= 4 is 21.5 Å². The summed E-state index contributed by atoms with van der Waals surface area (Å²) >= 11 is 0. The van der Waals surface area contributed by atoms with Crippen LogP contribution in [0.15, 0.2) is 69.8 Å².